The highest BCUT2D eigenvalue weighted by atomic mass is 19.1. The highest BCUT2D eigenvalue weighted by Crippen LogP contribution is 2.60. The van der Waals surface area contributed by atoms with Crippen LogP contribution in [0, 0.1) is 29.0 Å². The molecule has 2 aromatic rings. The van der Waals surface area contributed by atoms with E-state index in [0.29, 0.717) is 29.1 Å². The molecule has 0 aliphatic heterocycles. The zero-order valence-electron chi connectivity index (χ0n) is 15.2. The summed E-state index contributed by atoms with van der Waals surface area (Å²) >= 11 is 0. The quantitative estimate of drug-likeness (QED) is 0.888. The first-order valence-electron chi connectivity index (χ1n) is 9.81. The molecule has 4 aliphatic carbocycles. The maximum absolute atomic E-state index is 13.5. The summed E-state index contributed by atoms with van der Waals surface area (Å²) in [5.74, 6) is 1.78. The lowest BCUT2D eigenvalue weighted by Gasteiger charge is -2.55. The largest absolute Gasteiger partial charge is 0.324 e. The maximum atomic E-state index is 13.5. The van der Waals surface area contributed by atoms with E-state index in [1.807, 2.05) is 0 Å². The summed E-state index contributed by atoms with van der Waals surface area (Å²) in [6.07, 6.45) is 8.44. The normalized spacial score (nSPS) is 31.1. The van der Waals surface area contributed by atoms with E-state index in [4.69, 9.17) is 0 Å². The molecule has 1 N–H and O–H groups in total. The molecular formula is C22H23FN2O2. The summed E-state index contributed by atoms with van der Waals surface area (Å²) < 4.78 is 14.9. The predicted octanol–water partition coefficient (Wildman–Crippen LogP) is 4.13. The first-order valence-corrected chi connectivity index (χ1v) is 9.81. The van der Waals surface area contributed by atoms with Crippen LogP contribution in [-0.2, 0) is 4.79 Å². The van der Waals surface area contributed by atoms with Crippen LogP contribution in [0.15, 0.2) is 47.4 Å². The topological polar surface area (TPSA) is 51.1 Å². The Balaban J connectivity index is 1.42. The lowest BCUT2D eigenvalue weighted by atomic mass is 9.49. The smallest absolute Gasteiger partial charge is 0.255 e. The average Bonchev–Trinajstić information content (AvgIpc) is 2.62. The zero-order chi connectivity index (χ0) is 18.6. The molecule has 4 aliphatic rings. The first-order chi connectivity index (χ1) is 13.0. The fourth-order valence-electron chi connectivity index (χ4n) is 6.04. The highest BCUT2D eigenvalue weighted by molar-refractivity contribution is 5.95. The van der Waals surface area contributed by atoms with E-state index in [1.54, 1.807) is 24.4 Å². The number of nitrogens with zero attached hydrogens (tertiary/aromatic N) is 1. The van der Waals surface area contributed by atoms with Crippen LogP contribution in [-0.4, -0.2) is 10.5 Å². The molecule has 0 atom stereocenters. The molecule has 4 saturated carbocycles. The van der Waals surface area contributed by atoms with Gasteiger partial charge >= 0.3 is 0 Å². The van der Waals surface area contributed by atoms with Crippen LogP contribution < -0.4 is 10.9 Å². The lowest BCUT2D eigenvalue weighted by Crippen LogP contribution is -2.51. The Hall–Kier alpha value is -2.43. The van der Waals surface area contributed by atoms with Gasteiger partial charge in [0.2, 0.25) is 5.91 Å². The number of aromatic nitrogens is 1. The van der Waals surface area contributed by atoms with E-state index in [0.717, 1.165) is 19.3 Å². The van der Waals surface area contributed by atoms with Gasteiger partial charge in [0.1, 0.15) is 5.82 Å². The number of halogens is 1. The number of amides is 1. The Bertz CT molecular complexity index is 929. The van der Waals surface area contributed by atoms with Crippen LogP contribution in [0.25, 0.3) is 5.69 Å². The summed E-state index contributed by atoms with van der Waals surface area (Å²) in [5, 5.41) is 3.06. The highest BCUT2D eigenvalue weighted by Gasteiger charge is 2.54. The summed E-state index contributed by atoms with van der Waals surface area (Å²) in [7, 11) is 0. The molecule has 0 spiro atoms. The van der Waals surface area contributed by atoms with E-state index in [-0.39, 0.29) is 16.9 Å². The van der Waals surface area contributed by atoms with Crippen LogP contribution >= 0.6 is 0 Å². The number of pyridine rings is 1. The second-order valence-electron chi connectivity index (χ2n) is 8.76. The minimum atomic E-state index is -0.401. The third kappa shape index (κ3) is 2.89. The Morgan fingerprint density at radius 3 is 2.33 bits per heavy atom. The molecule has 6 rings (SSSR count). The molecule has 1 aromatic carbocycles. The fourth-order valence-corrected chi connectivity index (χ4v) is 6.04. The van der Waals surface area contributed by atoms with Gasteiger partial charge in [-0.15, -0.1) is 0 Å². The molecule has 4 bridgehead atoms. The van der Waals surface area contributed by atoms with Gasteiger partial charge in [-0.05, 0) is 80.5 Å². The van der Waals surface area contributed by atoms with Crippen LogP contribution in [0.1, 0.15) is 38.5 Å². The van der Waals surface area contributed by atoms with Gasteiger partial charge in [-0.3, -0.25) is 14.2 Å². The van der Waals surface area contributed by atoms with Gasteiger partial charge in [0.05, 0.1) is 16.8 Å². The van der Waals surface area contributed by atoms with Crippen LogP contribution in [0.4, 0.5) is 10.1 Å². The third-order valence-corrected chi connectivity index (χ3v) is 6.78. The molecule has 1 aromatic heterocycles. The Morgan fingerprint density at radius 2 is 1.70 bits per heavy atom. The van der Waals surface area contributed by atoms with Crippen LogP contribution in [0.3, 0.4) is 0 Å². The summed E-state index contributed by atoms with van der Waals surface area (Å²) in [6, 6.07) is 8.95. The monoisotopic (exact) mass is 366 g/mol. The van der Waals surface area contributed by atoms with Crippen molar-refractivity contribution >= 4 is 11.6 Å². The van der Waals surface area contributed by atoms with Crippen molar-refractivity contribution < 1.29 is 9.18 Å². The van der Waals surface area contributed by atoms with Crippen molar-refractivity contribution in [3.05, 3.63) is 58.8 Å². The second-order valence-corrected chi connectivity index (χ2v) is 8.76. The molecule has 0 saturated heterocycles. The minimum Gasteiger partial charge on any atom is -0.324 e. The molecule has 1 heterocycles. The van der Waals surface area contributed by atoms with Gasteiger partial charge in [0, 0.05) is 12.3 Å². The number of carbonyl (C=O) groups is 1. The second kappa shape index (κ2) is 6.04. The number of carbonyl (C=O) groups excluding carboxylic acids is 1. The fraction of sp³-hybridized carbons (Fsp3) is 0.455. The van der Waals surface area contributed by atoms with Gasteiger partial charge in [-0.25, -0.2) is 4.39 Å². The van der Waals surface area contributed by atoms with Gasteiger partial charge in [0.25, 0.3) is 5.56 Å². The van der Waals surface area contributed by atoms with Crippen molar-refractivity contribution in [1.82, 2.24) is 4.57 Å². The van der Waals surface area contributed by atoms with E-state index in [1.165, 1.54) is 42.0 Å². The number of anilines is 1. The average molecular weight is 366 g/mol. The molecule has 0 radical (unpaired) electrons. The van der Waals surface area contributed by atoms with Gasteiger partial charge < -0.3 is 5.32 Å². The predicted molar refractivity (Wildman–Crippen MR) is 101 cm³/mol. The van der Waals surface area contributed by atoms with Crippen molar-refractivity contribution in [3.8, 4) is 5.69 Å². The van der Waals surface area contributed by atoms with E-state index < -0.39 is 5.82 Å². The minimum absolute atomic E-state index is 0.0889. The molecular weight excluding hydrogens is 343 g/mol. The Kier molecular flexibility index (Phi) is 3.74. The number of hydrogen-bond donors (Lipinski definition) is 1. The third-order valence-electron chi connectivity index (χ3n) is 6.78. The van der Waals surface area contributed by atoms with Gasteiger partial charge in [-0.1, -0.05) is 6.07 Å². The number of rotatable bonds is 3. The standard InChI is InChI=1S/C22H23FN2O2/c23-17-2-1-3-19(9-17)25-13-18(4-5-20(25)26)24-21(27)22-10-14-6-15(11-22)8-16(7-14)12-22/h1-5,9,13-16H,6-8,10-12H2,(H,24,27). The van der Waals surface area contributed by atoms with E-state index in [9.17, 15) is 14.0 Å². The van der Waals surface area contributed by atoms with Crippen LogP contribution in [0.5, 0.6) is 0 Å². The molecule has 1 amide bonds. The zero-order valence-corrected chi connectivity index (χ0v) is 15.2. The van der Waals surface area contributed by atoms with Crippen LogP contribution in [0.2, 0.25) is 0 Å². The molecule has 4 fully saturated rings. The first kappa shape index (κ1) is 16.7. The summed E-state index contributed by atoms with van der Waals surface area (Å²) in [4.78, 5) is 25.4. The summed E-state index contributed by atoms with van der Waals surface area (Å²) in [5.41, 5.74) is 0.535. The number of nitrogens with one attached hydrogen (secondary N) is 1. The number of benzene rings is 1. The van der Waals surface area contributed by atoms with E-state index in [2.05, 4.69) is 5.32 Å². The lowest BCUT2D eigenvalue weighted by molar-refractivity contribution is -0.140. The van der Waals surface area contributed by atoms with Gasteiger partial charge in [0.15, 0.2) is 0 Å². The SMILES string of the molecule is O=C(Nc1ccc(=O)n(-c2cccc(F)c2)c1)C12CC3CC(CC(C3)C1)C2. The molecule has 0 unspecified atom stereocenters. The number of hydrogen-bond acceptors (Lipinski definition) is 2. The maximum Gasteiger partial charge on any atom is 0.255 e. The Morgan fingerprint density at radius 1 is 1.04 bits per heavy atom. The molecule has 27 heavy (non-hydrogen) atoms. The van der Waals surface area contributed by atoms with Crippen molar-refractivity contribution in [2.75, 3.05) is 5.32 Å². The Labute approximate surface area is 157 Å². The molecule has 140 valence electrons. The van der Waals surface area contributed by atoms with Crippen molar-refractivity contribution in [3.63, 3.8) is 0 Å². The van der Waals surface area contributed by atoms with Gasteiger partial charge in [-0.2, -0.15) is 0 Å². The molecule has 5 heteroatoms. The van der Waals surface area contributed by atoms with Crippen molar-refractivity contribution in [1.29, 1.82) is 0 Å². The summed E-state index contributed by atoms with van der Waals surface area (Å²) in [6.45, 7) is 0. The van der Waals surface area contributed by atoms with E-state index >= 15 is 0 Å². The van der Waals surface area contributed by atoms with Crippen molar-refractivity contribution in [2.45, 2.75) is 38.5 Å². The van der Waals surface area contributed by atoms with Crippen molar-refractivity contribution in [2.24, 2.45) is 23.2 Å². The molecule has 4 nitrogen and oxygen atoms in total.